The molecule has 22 heavy (non-hydrogen) atoms. The highest BCUT2D eigenvalue weighted by molar-refractivity contribution is 6.04. The number of likely N-dealkylation sites (tertiary alicyclic amines) is 1. The zero-order chi connectivity index (χ0) is 15.5. The van der Waals surface area contributed by atoms with E-state index in [4.69, 9.17) is 0 Å². The molecular weight excluding hydrogens is 278 g/mol. The number of hydrogen-bond acceptors (Lipinski definition) is 3. The molecular formula is C18H25NO3. The van der Waals surface area contributed by atoms with E-state index in [9.17, 15) is 14.7 Å². The molecule has 0 aromatic rings. The third-order valence-electron chi connectivity index (χ3n) is 7.58. The molecule has 0 aromatic heterocycles. The molecule has 9 unspecified atom stereocenters. The largest absolute Gasteiger partial charge is 0.393 e. The summed E-state index contributed by atoms with van der Waals surface area (Å²) in [4.78, 5) is 26.9. The smallest absolute Gasteiger partial charge is 0.234 e. The Bertz CT molecular complexity index is 579. The van der Waals surface area contributed by atoms with E-state index in [1.165, 1.54) is 0 Å². The van der Waals surface area contributed by atoms with E-state index >= 15 is 0 Å². The molecule has 0 spiro atoms. The van der Waals surface area contributed by atoms with Gasteiger partial charge in [0, 0.05) is 5.41 Å². The first-order valence-electron chi connectivity index (χ1n) is 8.86. The maximum atomic E-state index is 12.6. The van der Waals surface area contributed by atoms with Crippen molar-refractivity contribution in [2.24, 2.45) is 46.8 Å². The van der Waals surface area contributed by atoms with Crippen molar-refractivity contribution in [1.82, 2.24) is 4.90 Å². The Morgan fingerprint density at radius 3 is 2.50 bits per heavy atom. The van der Waals surface area contributed by atoms with Crippen LogP contribution in [0.15, 0.2) is 0 Å². The van der Waals surface area contributed by atoms with Crippen molar-refractivity contribution in [2.45, 2.75) is 52.2 Å². The second kappa shape index (κ2) is 3.77. The van der Waals surface area contributed by atoms with E-state index in [1.54, 1.807) is 4.90 Å². The van der Waals surface area contributed by atoms with E-state index in [-0.39, 0.29) is 29.9 Å². The van der Waals surface area contributed by atoms with Crippen molar-refractivity contribution >= 4 is 11.8 Å². The molecule has 4 nitrogen and oxygen atoms in total. The van der Waals surface area contributed by atoms with Gasteiger partial charge < -0.3 is 5.11 Å². The molecule has 5 rings (SSSR count). The first-order valence-corrected chi connectivity index (χ1v) is 8.86. The normalized spacial score (nSPS) is 54.5. The molecule has 1 saturated heterocycles. The minimum Gasteiger partial charge on any atom is -0.393 e. The monoisotopic (exact) mass is 303 g/mol. The number of hydrogen-bond donors (Lipinski definition) is 1. The van der Waals surface area contributed by atoms with Crippen LogP contribution in [0.4, 0.5) is 0 Å². The molecule has 1 N–H and O–H groups in total. The van der Waals surface area contributed by atoms with Crippen LogP contribution in [0.2, 0.25) is 0 Å². The fourth-order valence-electron chi connectivity index (χ4n) is 7.06. The number of fused-ring (bicyclic) bond motifs is 12. The van der Waals surface area contributed by atoms with E-state index in [0.717, 1.165) is 19.3 Å². The van der Waals surface area contributed by atoms with Gasteiger partial charge in [-0.15, -0.1) is 0 Å². The maximum absolute atomic E-state index is 12.6. The van der Waals surface area contributed by atoms with Gasteiger partial charge in [-0.3, -0.25) is 14.5 Å². The van der Waals surface area contributed by atoms with Crippen molar-refractivity contribution in [1.29, 1.82) is 0 Å². The number of aliphatic hydroxyl groups is 1. The van der Waals surface area contributed by atoms with E-state index in [0.29, 0.717) is 35.5 Å². The van der Waals surface area contributed by atoms with Crippen molar-refractivity contribution in [3.05, 3.63) is 0 Å². The fourth-order valence-corrected chi connectivity index (χ4v) is 7.06. The first-order chi connectivity index (χ1) is 10.3. The van der Waals surface area contributed by atoms with Gasteiger partial charge in [-0.05, 0) is 54.8 Å². The van der Waals surface area contributed by atoms with Gasteiger partial charge in [0.1, 0.15) is 0 Å². The molecule has 1 aliphatic heterocycles. The Labute approximate surface area is 131 Å². The minimum absolute atomic E-state index is 0.00559. The maximum Gasteiger partial charge on any atom is 0.234 e. The molecule has 5 aliphatic rings. The fraction of sp³-hybridized carbons (Fsp3) is 0.889. The number of rotatable bonds is 0. The third kappa shape index (κ3) is 1.31. The van der Waals surface area contributed by atoms with Gasteiger partial charge in [-0.1, -0.05) is 20.8 Å². The van der Waals surface area contributed by atoms with Gasteiger partial charge in [0.25, 0.3) is 0 Å². The zero-order valence-corrected chi connectivity index (χ0v) is 13.5. The van der Waals surface area contributed by atoms with Crippen LogP contribution in [-0.4, -0.2) is 34.0 Å². The standard InChI is InChI=1S/C18H25NO3/c1-18(2,3)17(22)19-15-10-6-9(14(15)16(19)21)13-8-4-7(12(10)13)5-11(8)20/h7-15,20H,4-6H2,1-3H3. The Hall–Kier alpha value is -0.900. The molecule has 5 fully saturated rings. The summed E-state index contributed by atoms with van der Waals surface area (Å²) in [6.07, 6.45) is 3.09. The highest BCUT2D eigenvalue weighted by Crippen LogP contribution is 2.71. The summed E-state index contributed by atoms with van der Waals surface area (Å²) in [7, 11) is 0. The Morgan fingerprint density at radius 1 is 1.09 bits per heavy atom. The summed E-state index contributed by atoms with van der Waals surface area (Å²) in [5.41, 5.74) is -0.479. The summed E-state index contributed by atoms with van der Waals surface area (Å²) in [5.74, 6) is 3.45. The van der Waals surface area contributed by atoms with E-state index in [1.807, 2.05) is 20.8 Å². The van der Waals surface area contributed by atoms with E-state index in [2.05, 4.69) is 0 Å². The number of amides is 2. The summed E-state index contributed by atoms with van der Waals surface area (Å²) in [6, 6.07) is 0.182. The number of β-lactam (4-membered cyclic amide) rings is 1. The quantitative estimate of drug-likeness (QED) is 0.547. The van der Waals surface area contributed by atoms with Crippen LogP contribution in [0, 0.1) is 46.8 Å². The SMILES string of the molecule is CC(C)(C)C(=O)N1C(=O)C2C3CC(C4C5CC(O)C(C5)C34)C21. The Morgan fingerprint density at radius 2 is 1.82 bits per heavy atom. The summed E-state index contributed by atoms with van der Waals surface area (Å²) >= 11 is 0. The zero-order valence-electron chi connectivity index (χ0n) is 13.5. The number of carbonyl (C=O) groups excluding carboxylic acids is 2. The van der Waals surface area contributed by atoms with Gasteiger partial charge in [0.05, 0.1) is 18.1 Å². The van der Waals surface area contributed by atoms with Gasteiger partial charge in [0.2, 0.25) is 11.8 Å². The van der Waals surface area contributed by atoms with Crippen molar-refractivity contribution in [3.63, 3.8) is 0 Å². The molecule has 4 bridgehead atoms. The molecule has 4 aliphatic carbocycles. The first kappa shape index (κ1) is 13.5. The van der Waals surface area contributed by atoms with Gasteiger partial charge in [-0.2, -0.15) is 0 Å². The highest BCUT2D eigenvalue weighted by atomic mass is 16.3. The van der Waals surface area contributed by atoms with Crippen LogP contribution in [-0.2, 0) is 9.59 Å². The number of carbonyl (C=O) groups is 2. The average molecular weight is 303 g/mol. The predicted molar refractivity (Wildman–Crippen MR) is 79.4 cm³/mol. The predicted octanol–water partition coefficient (Wildman–Crippen LogP) is 1.67. The lowest BCUT2D eigenvalue weighted by Gasteiger charge is -2.54. The molecule has 4 heteroatoms. The van der Waals surface area contributed by atoms with Gasteiger partial charge in [-0.25, -0.2) is 0 Å². The van der Waals surface area contributed by atoms with Crippen LogP contribution < -0.4 is 0 Å². The number of imide groups is 1. The lowest BCUT2D eigenvalue weighted by molar-refractivity contribution is -0.180. The van der Waals surface area contributed by atoms with Crippen LogP contribution >= 0.6 is 0 Å². The number of nitrogens with zero attached hydrogens (tertiary/aromatic N) is 1. The van der Waals surface area contributed by atoms with Crippen molar-refractivity contribution in [3.8, 4) is 0 Å². The summed E-state index contributed by atoms with van der Waals surface area (Å²) in [5, 5.41) is 10.2. The second-order valence-electron chi connectivity index (χ2n) is 9.46. The third-order valence-corrected chi connectivity index (χ3v) is 7.58. The summed E-state index contributed by atoms with van der Waals surface area (Å²) in [6.45, 7) is 5.71. The lowest BCUT2D eigenvalue weighted by atomic mass is 9.61. The highest BCUT2D eigenvalue weighted by Gasteiger charge is 2.74. The number of aliphatic hydroxyl groups excluding tert-OH is 1. The molecule has 120 valence electrons. The molecule has 1 heterocycles. The van der Waals surface area contributed by atoms with E-state index < -0.39 is 5.41 Å². The van der Waals surface area contributed by atoms with Crippen molar-refractivity contribution < 1.29 is 14.7 Å². The lowest BCUT2D eigenvalue weighted by Crippen LogP contribution is -2.69. The Kier molecular flexibility index (Phi) is 2.32. The van der Waals surface area contributed by atoms with Crippen LogP contribution in [0.5, 0.6) is 0 Å². The molecule has 4 saturated carbocycles. The van der Waals surface area contributed by atoms with Gasteiger partial charge >= 0.3 is 0 Å². The molecule has 0 aromatic carbocycles. The van der Waals surface area contributed by atoms with Crippen LogP contribution in [0.3, 0.4) is 0 Å². The average Bonchev–Trinajstić information content (AvgIpc) is 3.11. The molecule has 2 amide bonds. The van der Waals surface area contributed by atoms with Gasteiger partial charge in [0.15, 0.2) is 0 Å². The topological polar surface area (TPSA) is 57.6 Å². The molecule has 0 radical (unpaired) electrons. The van der Waals surface area contributed by atoms with Crippen LogP contribution in [0.25, 0.3) is 0 Å². The summed E-state index contributed by atoms with van der Waals surface area (Å²) < 4.78 is 0. The Balaban J connectivity index is 1.47. The van der Waals surface area contributed by atoms with Crippen LogP contribution in [0.1, 0.15) is 40.0 Å². The minimum atomic E-state index is -0.479. The van der Waals surface area contributed by atoms with Crippen molar-refractivity contribution in [2.75, 3.05) is 0 Å². The second-order valence-corrected chi connectivity index (χ2v) is 9.46. The molecule has 9 atom stereocenters.